The molecule has 6 amide bonds. The maximum absolute atomic E-state index is 14.8. The van der Waals surface area contributed by atoms with Crippen LogP contribution in [0.15, 0.2) is 48.5 Å². The van der Waals surface area contributed by atoms with Gasteiger partial charge in [-0.3, -0.25) is 28.8 Å². The number of hydrogen-bond acceptors (Lipinski definition) is 12. The highest BCUT2D eigenvalue weighted by molar-refractivity contribution is 8.00. The van der Waals surface area contributed by atoms with Crippen molar-refractivity contribution in [2.75, 3.05) is 25.6 Å². The topological polar surface area (TPSA) is 205 Å². The first-order valence-corrected chi connectivity index (χ1v) is 30.3. The molecule has 9 rings (SSSR count). The number of carbonyl (C=O) groups excluding carboxylic acids is 6. The van der Waals surface area contributed by atoms with Crippen LogP contribution in [0.5, 0.6) is 0 Å². The van der Waals surface area contributed by atoms with Gasteiger partial charge in [-0.1, -0.05) is 101 Å². The van der Waals surface area contributed by atoms with Gasteiger partial charge in [-0.25, -0.2) is 0 Å². The molecule has 76 heavy (non-hydrogen) atoms. The second kappa shape index (κ2) is 23.2. The van der Waals surface area contributed by atoms with Crippen molar-refractivity contribution in [2.45, 2.75) is 177 Å². The number of likely N-dealkylation sites (N-methyl/N-ethyl adjacent to an activating group) is 2. The van der Waals surface area contributed by atoms with E-state index in [-0.39, 0.29) is 70.4 Å². The molecule has 7 aliphatic rings. The van der Waals surface area contributed by atoms with E-state index >= 15 is 0 Å². The highest BCUT2D eigenvalue weighted by atomic mass is 32.2. The molecule has 0 aromatic heterocycles. The van der Waals surface area contributed by atoms with E-state index in [0.29, 0.717) is 74.2 Å². The average Bonchev–Trinajstić information content (AvgIpc) is 4.06. The van der Waals surface area contributed by atoms with Crippen molar-refractivity contribution >= 4 is 93.4 Å². The summed E-state index contributed by atoms with van der Waals surface area (Å²) in [5.74, 6) is -0.650. The van der Waals surface area contributed by atoms with Gasteiger partial charge in [0.05, 0.1) is 56.7 Å². The van der Waals surface area contributed by atoms with Gasteiger partial charge in [-0.2, -0.15) is 0 Å². The van der Waals surface area contributed by atoms with E-state index in [2.05, 4.69) is 42.5 Å². The smallest absolute Gasteiger partial charge is 0.246 e. The second-order valence-corrected chi connectivity index (χ2v) is 27.1. The lowest BCUT2D eigenvalue weighted by molar-refractivity contribution is -0.143. The lowest BCUT2D eigenvalue weighted by Crippen LogP contribution is -2.58. The predicted molar refractivity (Wildman–Crippen MR) is 307 cm³/mol. The van der Waals surface area contributed by atoms with Crippen molar-refractivity contribution in [1.29, 1.82) is 0 Å². The number of fused-ring (bicyclic) bond motifs is 4. The number of amides is 6. The van der Waals surface area contributed by atoms with Crippen LogP contribution in [0.1, 0.15) is 127 Å². The summed E-state index contributed by atoms with van der Waals surface area (Å²) in [5.41, 5.74) is 2.80. The first-order chi connectivity index (χ1) is 36.2. The van der Waals surface area contributed by atoms with Gasteiger partial charge in [-0.15, -0.1) is 23.5 Å². The summed E-state index contributed by atoms with van der Waals surface area (Å²) in [6.07, 6.45) is 6.09. The van der Waals surface area contributed by atoms with Crippen LogP contribution in [0.4, 0.5) is 0 Å². The minimum Gasteiger partial charge on any atom is -0.367 e. The third-order valence-corrected chi connectivity index (χ3v) is 21.0. The summed E-state index contributed by atoms with van der Waals surface area (Å²) in [6, 6.07) is 11.6. The van der Waals surface area contributed by atoms with Crippen molar-refractivity contribution in [1.82, 2.24) is 52.3 Å². The van der Waals surface area contributed by atoms with Crippen molar-refractivity contribution in [3.05, 3.63) is 70.8 Å². The Morgan fingerprint density at radius 2 is 0.921 bits per heavy atom. The fourth-order valence-corrected chi connectivity index (χ4v) is 16.7. The Labute approximate surface area is 467 Å². The van der Waals surface area contributed by atoms with Crippen molar-refractivity contribution in [2.24, 2.45) is 22.7 Å². The summed E-state index contributed by atoms with van der Waals surface area (Å²) in [6.45, 7) is 12.1. The molecular formula is C56H78N10O6S4. The van der Waals surface area contributed by atoms with Crippen LogP contribution in [0, 0.1) is 22.7 Å². The number of rotatable bonds is 14. The number of nitrogens with one attached hydrogen (secondary N) is 8. The zero-order valence-electron chi connectivity index (χ0n) is 45.2. The van der Waals surface area contributed by atoms with Crippen LogP contribution in [0.25, 0.3) is 0 Å². The maximum atomic E-state index is 14.8. The number of thiocarbonyl (C=S) groups is 2. The van der Waals surface area contributed by atoms with Gasteiger partial charge in [0.1, 0.15) is 24.2 Å². The molecule has 20 heteroatoms. The van der Waals surface area contributed by atoms with Gasteiger partial charge in [0.25, 0.3) is 0 Å². The van der Waals surface area contributed by atoms with Crippen LogP contribution in [-0.2, 0) is 41.6 Å². The summed E-state index contributed by atoms with van der Waals surface area (Å²) < 4.78 is 0. The molecule has 0 radical (unpaired) electrons. The summed E-state index contributed by atoms with van der Waals surface area (Å²) in [5, 5.41) is 25.9. The second-order valence-electron chi connectivity index (χ2n) is 23.6. The molecule has 4 saturated heterocycles. The van der Waals surface area contributed by atoms with Gasteiger partial charge < -0.3 is 52.3 Å². The molecule has 4 heterocycles. The van der Waals surface area contributed by atoms with Gasteiger partial charge in [0, 0.05) is 12.1 Å². The lowest BCUT2D eigenvalue weighted by Gasteiger charge is -2.36. The standard InChI is InChI=1S/C56H78N10O6S4/c1-29(57-7)51(73)61-39-21-23-75-41-27-55(3,4)45(65(41)53(39)71)49(69)63-43-35-15-11-9-13-31(35)25-37(43)47(67)59-33-17-19-34(20-18-33)60-48(68)38-26-32-14-10-12-16-36(32)44(38)64-50(70)46-56(5,6)28-42-66(46)54(72)40(22-24-76-42)62-52(74)30(2)58-8/h9-16,29-30,33-34,37-46,57-58H,17-28H2,1-8H3,(H,59,67)(H,60,68)(H,61,73)(H,62,74)(H,63,69)(H,64,70)/t29-,30-,33?,34?,37+,38+,39-,40-,41?,42?,43-,44-,45+,46+/m0/s1. The van der Waals surface area contributed by atoms with Crippen molar-refractivity contribution in [3.8, 4) is 0 Å². The number of benzene rings is 2. The molecule has 0 spiro atoms. The number of nitrogens with zero attached hydrogens (tertiary/aromatic N) is 2. The Morgan fingerprint density at radius 1 is 0.553 bits per heavy atom. The van der Waals surface area contributed by atoms with E-state index in [4.69, 9.17) is 24.4 Å². The third kappa shape index (κ3) is 11.4. The van der Waals surface area contributed by atoms with Crippen LogP contribution in [0.3, 0.4) is 0 Å². The molecule has 16 nitrogen and oxygen atoms in total. The first-order valence-electron chi connectivity index (χ1n) is 27.4. The number of carbonyl (C=O) groups is 6. The molecule has 5 fully saturated rings. The van der Waals surface area contributed by atoms with Crippen LogP contribution < -0.4 is 42.5 Å². The monoisotopic (exact) mass is 1110 g/mol. The Bertz CT molecular complexity index is 2420. The minimum atomic E-state index is -0.744. The highest BCUT2D eigenvalue weighted by Gasteiger charge is 2.57. The van der Waals surface area contributed by atoms with Crippen LogP contribution >= 0.6 is 48.0 Å². The molecule has 412 valence electrons. The largest absolute Gasteiger partial charge is 0.367 e. The lowest BCUT2D eigenvalue weighted by atomic mass is 9.83. The van der Waals surface area contributed by atoms with E-state index in [1.54, 1.807) is 33.3 Å². The minimum absolute atomic E-state index is 0.115. The molecule has 12 atom stereocenters. The third-order valence-electron chi connectivity index (χ3n) is 17.5. The Hall–Kier alpha value is -4.34. The molecule has 3 aliphatic carbocycles. The molecule has 2 unspecified atom stereocenters. The summed E-state index contributed by atoms with van der Waals surface area (Å²) >= 11 is 14.7. The Kier molecular flexibility index (Phi) is 17.2. The zero-order valence-corrected chi connectivity index (χ0v) is 48.4. The van der Waals surface area contributed by atoms with Gasteiger partial charge in [0.2, 0.25) is 35.4 Å². The molecule has 4 aliphatic heterocycles. The predicted octanol–water partition coefficient (Wildman–Crippen LogP) is 4.56. The van der Waals surface area contributed by atoms with Gasteiger partial charge >= 0.3 is 0 Å². The van der Waals surface area contributed by atoms with E-state index in [1.807, 2.05) is 104 Å². The molecule has 0 bridgehead atoms. The fourth-order valence-electron chi connectivity index (χ4n) is 13.1. The van der Waals surface area contributed by atoms with Crippen LogP contribution in [0.2, 0.25) is 0 Å². The van der Waals surface area contributed by atoms with E-state index in [9.17, 15) is 28.8 Å². The van der Waals surface area contributed by atoms with E-state index in [0.717, 1.165) is 33.8 Å². The first kappa shape index (κ1) is 56.4. The average molecular weight is 1120 g/mol. The number of thioether (sulfide) groups is 2. The van der Waals surface area contributed by atoms with Crippen LogP contribution in [-0.4, -0.2) is 140 Å². The molecule has 8 N–H and O–H groups in total. The summed E-state index contributed by atoms with van der Waals surface area (Å²) in [4.78, 5) is 92.0. The molecule has 1 saturated carbocycles. The molecular weight excluding hydrogens is 1040 g/mol. The van der Waals surface area contributed by atoms with E-state index < -0.39 is 58.9 Å². The summed E-state index contributed by atoms with van der Waals surface area (Å²) in [7, 11) is 3.65. The molecule has 2 aromatic rings. The maximum Gasteiger partial charge on any atom is 0.246 e. The Morgan fingerprint density at radius 3 is 1.29 bits per heavy atom. The fraction of sp³-hybridized carbons (Fsp3) is 0.643. The number of hydrogen-bond donors (Lipinski definition) is 8. The highest BCUT2D eigenvalue weighted by Crippen LogP contribution is 2.49. The zero-order chi connectivity index (χ0) is 54.4. The molecule has 2 aromatic carbocycles. The van der Waals surface area contributed by atoms with E-state index in [1.165, 1.54) is 0 Å². The normalized spacial score (nSPS) is 32.0. The van der Waals surface area contributed by atoms with Gasteiger partial charge in [0.15, 0.2) is 0 Å². The van der Waals surface area contributed by atoms with Crippen molar-refractivity contribution in [3.63, 3.8) is 0 Å². The van der Waals surface area contributed by atoms with Crippen molar-refractivity contribution < 1.29 is 28.8 Å². The van der Waals surface area contributed by atoms with Gasteiger partial charge in [-0.05, 0) is 137 Å². The SMILES string of the molecule is CN[C@@H](C)C(=S)N[C@H]1CCSC2CC(C)(C)[C@@H](C(=O)N[C@H]3c4ccccc4C[C@H]3C(=O)NC3CCC(NC(=O)[C@@H]4Cc5ccccc5[C@@H]4NC(=O)[C@H]4N5C(=O)[C@@H](NC(=S)[C@H](C)NC)CCSC5CC4(C)C)CC3)N2C1=O. The Balaban J connectivity index is 0.830. The quantitative estimate of drug-likeness (QED) is 0.122.